The number of nitrogen functional groups attached to an aromatic ring is 2. The standard InChI is InChI=1S/C13H10Cl2N6/c14-10-2-1-3-11(12(10)15)21-13(18-19-20-21)7-4-8(16)6-9(17)5-7/h1-6H,16-17H2. The molecule has 0 amide bonds. The fourth-order valence-electron chi connectivity index (χ4n) is 1.99. The summed E-state index contributed by atoms with van der Waals surface area (Å²) in [4.78, 5) is 0. The highest BCUT2D eigenvalue weighted by molar-refractivity contribution is 6.43. The Morgan fingerprint density at radius 2 is 1.71 bits per heavy atom. The first kappa shape index (κ1) is 13.7. The molecular formula is C13H10Cl2N6. The predicted octanol–water partition coefficient (Wildman–Crippen LogP) is 2.80. The second kappa shape index (κ2) is 5.23. The monoisotopic (exact) mass is 320 g/mol. The van der Waals surface area contributed by atoms with Crippen LogP contribution in [0.4, 0.5) is 11.4 Å². The summed E-state index contributed by atoms with van der Waals surface area (Å²) in [6, 6.07) is 10.3. The van der Waals surface area contributed by atoms with Crippen LogP contribution in [0.25, 0.3) is 17.1 Å². The number of anilines is 2. The van der Waals surface area contributed by atoms with Gasteiger partial charge in [0.1, 0.15) is 0 Å². The minimum Gasteiger partial charge on any atom is -0.399 e. The summed E-state index contributed by atoms with van der Waals surface area (Å²) in [5.74, 6) is 0.471. The number of aromatic nitrogens is 4. The van der Waals surface area contributed by atoms with Gasteiger partial charge >= 0.3 is 0 Å². The Bertz CT molecular complexity index is 794. The van der Waals surface area contributed by atoms with Crippen molar-refractivity contribution < 1.29 is 0 Å². The number of hydrogen-bond donors (Lipinski definition) is 2. The van der Waals surface area contributed by atoms with Crippen LogP contribution in [0.1, 0.15) is 0 Å². The van der Waals surface area contributed by atoms with Gasteiger partial charge < -0.3 is 11.5 Å². The number of tetrazole rings is 1. The summed E-state index contributed by atoms with van der Waals surface area (Å²) in [6.07, 6.45) is 0. The topological polar surface area (TPSA) is 95.6 Å². The van der Waals surface area contributed by atoms with Crippen molar-refractivity contribution in [1.82, 2.24) is 20.2 Å². The third kappa shape index (κ3) is 2.51. The molecule has 0 spiro atoms. The van der Waals surface area contributed by atoms with Crippen LogP contribution in [0.5, 0.6) is 0 Å². The first-order valence-electron chi connectivity index (χ1n) is 5.95. The van der Waals surface area contributed by atoms with Crippen LogP contribution >= 0.6 is 23.2 Å². The van der Waals surface area contributed by atoms with Crippen molar-refractivity contribution in [3.63, 3.8) is 0 Å². The summed E-state index contributed by atoms with van der Waals surface area (Å²) >= 11 is 12.2. The van der Waals surface area contributed by atoms with Gasteiger partial charge in [-0.2, -0.15) is 4.68 Å². The van der Waals surface area contributed by atoms with Gasteiger partial charge in [-0.3, -0.25) is 0 Å². The number of hydrogen-bond acceptors (Lipinski definition) is 5. The normalized spacial score (nSPS) is 10.8. The molecule has 106 valence electrons. The zero-order valence-corrected chi connectivity index (χ0v) is 12.2. The molecule has 3 rings (SSSR count). The molecule has 1 aromatic heterocycles. The minimum absolute atomic E-state index is 0.365. The first-order chi connectivity index (χ1) is 10.1. The Balaban J connectivity index is 2.19. The van der Waals surface area contributed by atoms with Crippen LogP contribution in [-0.4, -0.2) is 20.2 Å². The van der Waals surface area contributed by atoms with Crippen molar-refractivity contribution in [2.75, 3.05) is 11.5 Å². The summed E-state index contributed by atoms with van der Waals surface area (Å²) in [6.45, 7) is 0. The van der Waals surface area contributed by atoms with E-state index in [1.165, 1.54) is 4.68 Å². The van der Waals surface area contributed by atoms with Crippen LogP contribution < -0.4 is 11.5 Å². The lowest BCUT2D eigenvalue weighted by Crippen LogP contribution is -2.02. The van der Waals surface area contributed by atoms with Gasteiger partial charge in [-0.05, 0) is 40.8 Å². The quantitative estimate of drug-likeness (QED) is 0.708. The van der Waals surface area contributed by atoms with E-state index in [1.54, 1.807) is 36.4 Å². The van der Waals surface area contributed by atoms with E-state index in [1.807, 2.05) is 0 Å². The lowest BCUT2D eigenvalue weighted by atomic mass is 10.1. The van der Waals surface area contributed by atoms with Crippen LogP contribution in [0.2, 0.25) is 10.0 Å². The summed E-state index contributed by atoms with van der Waals surface area (Å²) in [7, 11) is 0. The lowest BCUT2D eigenvalue weighted by molar-refractivity contribution is 0.791. The van der Waals surface area contributed by atoms with E-state index in [2.05, 4.69) is 15.5 Å². The number of nitrogens with zero attached hydrogens (tertiary/aromatic N) is 4. The fraction of sp³-hybridized carbons (Fsp3) is 0. The molecule has 21 heavy (non-hydrogen) atoms. The van der Waals surface area contributed by atoms with Crippen LogP contribution in [0.3, 0.4) is 0 Å². The summed E-state index contributed by atoms with van der Waals surface area (Å²) in [5, 5.41) is 12.4. The molecule has 0 aliphatic rings. The molecule has 1 heterocycles. The Morgan fingerprint density at radius 3 is 2.43 bits per heavy atom. The predicted molar refractivity (Wildman–Crippen MR) is 83.4 cm³/mol. The van der Waals surface area contributed by atoms with Gasteiger partial charge in [0.2, 0.25) is 0 Å². The van der Waals surface area contributed by atoms with Crippen molar-refractivity contribution in [3.8, 4) is 17.1 Å². The highest BCUT2D eigenvalue weighted by Gasteiger charge is 2.15. The zero-order valence-electron chi connectivity index (χ0n) is 10.7. The molecule has 0 aliphatic heterocycles. The third-order valence-corrected chi connectivity index (χ3v) is 3.67. The Labute approximate surface area is 130 Å². The number of rotatable bonds is 2. The highest BCUT2D eigenvalue weighted by atomic mass is 35.5. The van der Waals surface area contributed by atoms with Crippen molar-refractivity contribution in [3.05, 3.63) is 46.4 Å². The molecule has 0 aliphatic carbocycles. The van der Waals surface area contributed by atoms with Gasteiger partial charge in [-0.25, -0.2) is 0 Å². The van der Waals surface area contributed by atoms with Gasteiger partial charge in [0.05, 0.1) is 15.7 Å². The van der Waals surface area contributed by atoms with Gasteiger partial charge in [-0.15, -0.1) is 5.10 Å². The molecular weight excluding hydrogens is 311 g/mol. The van der Waals surface area contributed by atoms with E-state index >= 15 is 0 Å². The van der Waals surface area contributed by atoms with Crippen molar-refractivity contribution in [2.45, 2.75) is 0 Å². The van der Waals surface area contributed by atoms with E-state index in [0.717, 1.165) is 0 Å². The van der Waals surface area contributed by atoms with Crippen molar-refractivity contribution in [2.24, 2.45) is 0 Å². The molecule has 2 aromatic carbocycles. The molecule has 0 bridgehead atoms. The second-order valence-corrected chi connectivity index (χ2v) is 5.16. The molecule has 0 saturated carbocycles. The number of halogens is 2. The molecule has 6 nitrogen and oxygen atoms in total. The summed E-state index contributed by atoms with van der Waals surface area (Å²) in [5.41, 5.74) is 13.9. The molecule has 0 radical (unpaired) electrons. The maximum atomic E-state index is 6.21. The van der Waals surface area contributed by atoms with Crippen LogP contribution in [-0.2, 0) is 0 Å². The molecule has 4 N–H and O–H groups in total. The fourth-order valence-corrected chi connectivity index (χ4v) is 2.37. The molecule has 3 aromatic rings. The average molecular weight is 321 g/mol. The Morgan fingerprint density at radius 1 is 1.00 bits per heavy atom. The maximum absolute atomic E-state index is 6.21. The van der Waals surface area contributed by atoms with E-state index in [-0.39, 0.29) is 0 Å². The molecule has 0 fully saturated rings. The number of benzene rings is 2. The molecule has 0 saturated heterocycles. The van der Waals surface area contributed by atoms with Gasteiger partial charge in [0, 0.05) is 16.9 Å². The molecule has 0 unspecified atom stereocenters. The van der Waals surface area contributed by atoms with Crippen molar-refractivity contribution in [1.29, 1.82) is 0 Å². The zero-order chi connectivity index (χ0) is 15.0. The van der Waals surface area contributed by atoms with Gasteiger partial charge in [-0.1, -0.05) is 29.3 Å². The van der Waals surface area contributed by atoms with Gasteiger partial charge in [0.25, 0.3) is 0 Å². The van der Waals surface area contributed by atoms with E-state index in [9.17, 15) is 0 Å². The Hall–Kier alpha value is -2.31. The van der Waals surface area contributed by atoms with Gasteiger partial charge in [0.15, 0.2) is 5.82 Å². The maximum Gasteiger partial charge on any atom is 0.187 e. The largest absolute Gasteiger partial charge is 0.399 e. The lowest BCUT2D eigenvalue weighted by Gasteiger charge is -2.08. The third-order valence-electron chi connectivity index (χ3n) is 2.86. The van der Waals surface area contributed by atoms with E-state index in [0.29, 0.717) is 38.5 Å². The van der Waals surface area contributed by atoms with Crippen LogP contribution in [0, 0.1) is 0 Å². The summed E-state index contributed by atoms with van der Waals surface area (Å²) < 4.78 is 1.49. The smallest absolute Gasteiger partial charge is 0.187 e. The first-order valence-corrected chi connectivity index (χ1v) is 6.71. The second-order valence-electron chi connectivity index (χ2n) is 4.38. The molecule has 0 atom stereocenters. The van der Waals surface area contributed by atoms with Crippen molar-refractivity contribution >= 4 is 34.6 Å². The van der Waals surface area contributed by atoms with E-state index in [4.69, 9.17) is 34.7 Å². The SMILES string of the molecule is Nc1cc(N)cc(-c2nnnn2-c2cccc(Cl)c2Cl)c1. The minimum atomic E-state index is 0.365. The molecule has 8 heteroatoms. The Kier molecular flexibility index (Phi) is 3.40. The average Bonchev–Trinajstić information content (AvgIpc) is 2.90. The number of nitrogens with two attached hydrogens (primary N) is 2. The van der Waals surface area contributed by atoms with Crippen LogP contribution in [0.15, 0.2) is 36.4 Å². The highest BCUT2D eigenvalue weighted by Crippen LogP contribution is 2.31. The van der Waals surface area contributed by atoms with E-state index < -0.39 is 0 Å².